The SMILES string of the molecule is CCCCN(CCN1CC(c2ccc3c(c2)OCO3)[C@H](C(=O)O)[C@H]1c1ccc(OC)cc1)C(=O)OCC. The number of aliphatic carboxylic acids is 1. The van der Waals surface area contributed by atoms with Crippen molar-refractivity contribution in [2.45, 2.75) is 38.6 Å². The van der Waals surface area contributed by atoms with Crippen LogP contribution in [0.2, 0.25) is 0 Å². The molecule has 0 saturated carbocycles. The van der Waals surface area contributed by atoms with Gasteiger partial charge in [0.1, 0.15) is 5.75 Å². The summed E-state index contributed by atoms with van der Waals surface area (Å²) in [6.07, 6.45) is 1.50. The molecule has 1 fully saturated rings. The Bertz CT molecular complexity index is 1070. The Morgan fingerprint density at radius 2 is 1.78 bits per heavy atom. The lowest BCUT2D eigenvalue weighted by Crippen LogP contribution is -2.40. The number of carbonyl (C=O) groups is 2. The zero-order chi connectivity index (χ0) is 26.4. The predicted octanol–water partition coefficient (Wildman–Crippen LogP) is 4.52. The highest BCUT2D eigenvalue weighted by Crippen LogP contribution is 2.47. The van der Waals surface area contributed by atoms with Crippen molar-refractivity contribution < 1.29 is 33.6 Å². The molecule has 9 heteroatoms. The summed E-state index contributed by atoms with van der Waals surface area (Å²) in [7, 11) is 1.60. The standard InChI is InChI=1S/C28H36N2O7/c1-4-6-13-29(28(33)35-5-2)14-15-30-17-22(20-9-12-23-24(16-20)37-18-36-23)25(27(31)32)26(30)19-7-10-21(34-3)11-8-19/h7-12,16,22,25-26H,4-6,13-15,17-18H2,1-3H3,(H,31,32)/t22?,25-,26+/m0/s1. The van der Waals surface area contributed by atoms with Crippen molar-refractivity contribution in [3.63, 3.8) is 0 Å². The number of methoxy groups -OCH3 is 1. The van der Waals surface area contributed by atoms with Crippen molar-refractivity contribution >= 4 is 12.1 Å². The second-order valence-corrected chi connectivity index (χ2v) is 9.34. The summed E-state index contributed by atoms with van der Waals surface area (Å²) < 4.78 is 21.6. The number of amides is 1. The number of benzene rings is 2. The van der Waals surface area contributed by atoms with E-state index in [-0.39, 0.29) is 24.8 Å². The van der Waals surface area contributed by atoms with Gasteiger partial charge in [-0.1, -0.05) is 31.5 Å². The lowest BCUT2D eigenvalue weighted by Gasteiger charge is -2.30. The van der Waals surface area contributed by atoms with Gasteiger partial charge >= 0.3 is 12.1 Å². The summed E-state index contributed by atoms with van der Waals surface area (Å²) in [5, 5.41) is 10.4. The Labute approximate surface area is 217 Å². The number of carboxylic acid groups (broad SMARTS) is 1. The Morgan fingerprint density at radius 1 is 1.05 bits per heavy atom. The minimum absolute atomic E-state index is 0.161. The fourth-order valence-electron chi connectivity index (χ4n) is 5.25. The Kier molecular flexibility index (Phi) is 8.76. The first-order valence-electron chi connectivity index (χ1n) is 12.9. The number of carboxylic acids is 1. The highest BCUT2D eigenvalue weighted by Gasteiger charge is 2.47. The van der Waals surface area contributed by atoms with E-state index >= 15 is 0 Å². The molecule has 4 rings (SSSR count). The summed E-state index contributed by atoms with van der Waals surface area (Å²) in [4.78, 5) is 29.2. The van der Waals surface area contributed by atoms with E-state index in [0.29, 0.717) is 50.0 Å². The van der Waals surface area contributed by atoms with Gasteiger partial charge in [0.15, 0.2) is 11.5 Å². The van der Waals surface area contributed by atoms with Crippen LogP contribution in [0.15, 0.2) is 42.5 Å². The first kappa shape index (κ1) is 26.6. The van der Waals surface area contributed by atoms with Crippen LogP contribution in [0.5, 0.6) is 17.2 Å². The van der Waals surface area contributed by atoms with E-state index in [1.165, 1.54) is 0 Å². The first-order valence-corrected chi connectivity index (χ1v) is 12.9. The molecule has 0 spiro atoms. The van der Waals surface area contributed by atoms with Crippen LogP contribution in [0.25, 0.3) is 0 Å². The topological polar surface area (TPSA) is 97.8 Å². The lowest BCUT2D eigenvalue weighted by atomic mass is 9.82. The molecule has 200 valence electrons. The molecule has 1 N–H and O–H groups in total. The zero-order valence-electron chi connectivity index (χ0n) is 21.7. The molecule has 0 aromatic heterocycles. The second-order valence-electron chi connectivity index (χ2n) is 9.34. The molecule has 2 aliphatic heterocycles. The molecule has 37 heavy (non-hydrogen) atoms. The molecule has 2 aromatic rings. The van der Waals surface area contributed by atoms with Crippen LogP contribution in [0.4, 0.5) is 4.79 Å². The van der Waals surface area contributed by atoms with Gasteiger partial charge < -0.3 is 29.0 Å². The molecular weight excluding hydrogens is 476 g/mol. The maximum atomic E-state index is 12.8. The maximum absolute atomic E-state index is 12.8. The largest absolute Gasteiger partial charge is 0.497 e. The molecule has 0 bridgehead atoms. The summed E-state index contributed by atoms with van der Waals surface area (Å²) in [6, 6.07) is 12.8. The molecular formula is C28H36N2O7. The third-order valence-corrected chi connectivity index (χ3v) is 7.13. The summed E-state index contributed by atoms with van der Waals surface area (Å²) in [6.45, 7) is 6.44. The van der Waals surface area contributed by atoms with Crippen LogP contribution < -0.4 is 14.2 Å². The molecule has 0 radical (unpaired) electrons. The minimum atomic E-state index is -0.862. The quantitative estimate of drug-likeness (QED) is 0.469. The van der Waals surface area contributed by atoms with Crippen molar-refractivity contribution in [3.8, 4) is 17.2 Å². The van der Waals surface area contributed by atoms with E-state index < -0.39 is 11.9 Å². The zero-order valence-corrected chi connectivity index (χ0v) is 21.7. The summed E-state index contributed by atoms with van der Waals surface area (Å²) in [5.74, 6) is 0.179. The minimum Gasteiger partial charge on any atom is -0.497 e. The van der Waals surface area contributed by atoms with Gasteiger partial charge in [-0.3, -0.25) is 9.69 Å². The molecule has 1 amide bonds. The smallest absolute Gasteiger partial charge is 0.409 e. The molecule has 9 nitrogen and oxygen atoms in total. The van der Waals surface area contributed by atoms with E-state index in [9.17, 15) is 14.7 Å². The van der Waals surface area contributed by atoms with Gasteiger partial charge in [0, 0.05) is 38.1 Å². The average molecular weight is 513 g/mol. The molecule has 2 aliphatic rings. The van der Waals surface area contributed by atoms with Crippen molar-refractivity contribution in [1.82, 2.24) is 9.80 Å². The molecule has 2 aromatic carbocycles. The average Bonchev–Trinajstić information content (AvgIpc) is 3.53. The monoisotopic (exact) mass is 512 g/mol. The van der Waals surface area contributed by atoms with Crippen LogP contribution >= 0.6 is 0 Å². The van der Waals surface area contributed by atoms with Crippen LogP contribution in [0.3, 0.4) is 0 Å². The number of likely N-dealkylation sites (tertiary alicyclic amines) is 1. The van der Waals surface area contributed by atoms with Crippen LogP contribution in [0.1, 0.15) is 49.8 Å². The predicted molar refractivity (Wildman–Crippen MR) is 137 cm³/mol. The summed E-state index contributed by atoms with van der Waals surface area (Å²) >= 11 is 0. The van der Waals surface area contributed by atoms with E-state index in [1.54, 1.807) is 18.9 Å². The Balaban J connectivity index is 1.65. The van der Waals surface area contributed by atoms with Gasteiger partial charge in [0.25, 0.3) is 0 Å². The maximum Gasteiger partial charge on any atom is 0.409 e. The van der Waals surface area contributed by atoms with Crippen LogP contribution in [-0.4, -0.2) is 73.7 Å². The van der Waals surface area contributed by atoms with Gasteiger partial charge in [-0.15, -0.1) is 0 Å². The first-order chi connectivity index (χ1) is 18.0. The van der Waals surface area contributed by atoms with Crippen LogP contribution in [0, 0.1) is 5.92 Å². The van der Waals surface area contributed by atoms with Gasteiger partial charge in [-0.05, 0) is 48.7 Å². The highest BCUT2D eigenvalue weighted by molar-refractivity contribution is 5.74. The number of rotatable bonds is 11. The summed E-state index contributed by atoms with van der Waals surface area (Å²) in [5.41, 5.74) is 1.79. The molecule has 3 atom stereocenters. The fourth-order valence-corrected chi connectivity index (χ4v) is 5.25. The number of ether oxygens (including phenoxy) is 4. The third-order valence-electron chi connectivity index (χ3n) is 7.13. The Morgan fingerprint density at radius 3 is 2.46 bits per heavy atom. The van der Waals surface area contributed by atoms with Crippen molar-refractivity contribution in [2.75, 3.05) is 46.7 Å². The molecule has 2 heterocycles. The van der Waals surface area contributed by atoms with Gasteiger partial charge in [-0.25, -0.2) is 4.79 Å². The number of hydrogen-bond acceptors (Lipinski definition) is 7. The Hall–Kier alpha value is -3.46. The number of unbranched alkanes of at least 4 members (excludes halogenated alkanes) is 1. The molecule has 1 saturated heterocycles. The number of fused-ring (bicyclic) bond motifs is 1. The fraction of sp³-hybridized carbons (Fsp3) is 0.500. The van der Waals surface area contributed by atoms with Crippen molar-refractivity contribution in [1.29, 1.82) is 0 Å². The van der Waals surface area contributed by atoms with E-state index in [1.807, 2.05) is 42.5 Å². The third kappa shape index (κ3) is 5.93. The lowest BCUT2D eigenvalue weighted by molar-refractivity contribution is -0.143. The van der Waals surface area contributed by atoms with Gasteiger partial charge in [0.05, 0.1) is 19.6 Å². The van der Waals surface area contributed by atoms with Crippen molar-refractivity contribution in [3.05, 3.63) is 53.6 Å². The van der Waals surface area contributed by atoms with Crippen LogP contribution in [-0.2, 0) is 9.53 Å². The van der Waals surface area contributed by atoms with Crippen molar-refractivity contribution in [2.24, 2.45) is 5.92 Å². The number of hydrogen-bond donors (Lipinski definition) is 1. The highest BCUT2D eigenvalue weighted by atomic mass is 16.7. The van der Waals surface area contributed by atoms with E-state index in [4.69, 9.17) is 18.9 Å². The second kappa shape index (κ2) is 12.2. The number of nitrogens with zero attached hydrogens (tertiary/aromatic N) is 2. The van der Waals surface area contributed by atoms with E-state index in [2.05, 4.69) is 11.8 Å². The normalized spacial score (nSPS) is 20.6. The molecule has 1 unspecified atom stereocenters. The molecule has 0 aliphatic carbocycles. The number of carbonyl (C=O) groups excluding carboxylic acids is 1. The van der Waals surface area contributed by atoms with Gasteiger partial charge in [0.2, 0.25) is 6.79 Å². The van der Waals surface area contributed by atoms with E-state index in [0.717, 1.165) is 24.0 Å². The van der Waals surface area contributed by atoms with Gasteiger partial charge in [-0.2, -0.15) is 0 Å².